The molecule has 0 spiro atoms. The van der Waals surface area contributed by atoms with Gasteiger partial charge >= 0.3 is 0 Å². The van der Waals surface area contributed by atoms with Gasteiger partial charge in [0.05, 0.1) is 30.7 Å². The van der Waals surface area contributed by atoms with Crippen LogP contribution >= 0.6 is 0 Å². The first-order valence-electron chi connectivity index (χ1n) is 8.53. The maximum atomic E-state index is 12.4. The summed E-state index contributed by atoms with van der Waals surface area (Å²) in [5, 5.41) is 3.81. The number of nitrogens with zero attached hydrogens (tertiary/aromatic N) is 4. The van der Waals surface area contributed by atoms with E-state index in [1.807, 2.05) is 17.3 Å². The molecule has 25 heavy (non-hydrogen) atoms. The predicted molar refractivity (Wildman–Crippen MR) is 91.7 cm³/mol. The molecule has 0 radical (unpaired) electrons. The lowest BCUT2D eigenvalue weighted by Crippen LogP contribution is -2.37. The van der Waals surface area contributed by atoms with E-state index >= 15 is 0 Å². The molecule has 0 aliphatic carbocycles. The van der Waals surface area contributed by atoms with Crippen LogP contribution in [-0.4, -0.2) is 32.1 Å². The average Bonchev–Trinajstić information content (AvgIpc) is 3.30. The number of hydrogen-bond donors (Lipinski definition) is 0. The lowest BCUT2D eigenvalue weighted by Gasteiger charge is -2.27. The Hall–Kier alpha value is -2.89. The smallest absolute Gasteiger partial charge is 0.229 e. The van der Waals surface area contributed by atoms with E-state index in [2.05, 4.69) is 39.0 Å². The summed E-state index contributed by atoms with van der Waals surface area (Å²) in [7, 11) is 0. The molecule has 0 saturated heterocycles. The second kappa shape index (κ2) is 6.93. The maximum Gasteiger partial charge on any atom is 0.229 e. The van der Waals surface area contributed by atoms with Crippen LogP contribution in [0.4, 0.5) is 0 Å². The number of hydrogen-bond acceptors (Lipinski definition) is 4. The molecule has 3 heterocycles. The van der Waals surface area contributed by atoms with E-state index in [0.717, 1.165) is 31.6 Å². The van der Waals surface area contributed by atoms with Crippen molar-refractivity contribution in [3.63, 3.8) is 0 Å². The Bertz CT molecular complexity index is 840. The number of amides is 1. The van der Waals surface area contributed by atoms with Crippen molar-refractivity contribution in [2.45, 2.75) is 32.4 Å². The van der Waals surface area contributed by atoms with Crippen molar-refractivity contribution in [1.82, 2.24) is 19.6 Å². The van der Waals surface area contributed by atoms with E-state index in [4.69, 9.17) is 4.52 Å². The minimum absolute atomic E-state index is 0.0679. The number of carbonyl (C=O) groups excluding carboxylic acids is 1. The standard InChI is InChI=1S/C19H20N4O2/c24-19(12-16-8-11-25-21-16)22-10-7-18-17(13-22)20-14-23(18)9-6-15-4-2-1-3-5-15/h1-5,8,11,14H,6-7,9-10,12-13H2. The van der Waals surface area contributed by atoms with E-state index in [-0.39, 0.29) is 12.3 Å². The SMILES string of the molecule is O=C(Cc1ccon1)N1CCc2c(ncn2CCc2ccccc2)C1. The third-order valence-electron chi connectivity index (χ3n) is 4.65. The van der Waals surface area contributed by atoms with Crippen LogP contribution in [0.2, 0.25) is 0 Å². The number of benzene rings is 1. The largest absolute Gasteiger partial charge is 0.364 e. The van der Waals surface area contributed by atoms with Gasteiger partial charge in [0, 0.05) is 31.3 Å². The minimum Gasteiger partial charge on any atom is -0.364 e. The summed E-state index contributed by atoms with van der Waals surface area (Å²) < 4.78 is 7.01. The molecular formula is C19H20N4O2. The fraction of sp³-hybridized carbons (Fsp3) is 0.316. The molecule has 128 valence electrons. The number of rotatable bonds is 5. The summed E-state index contributed by atoms with van der Waals surface area (Å²) in [6, 6.07) is 12.2. The first-order chi connectivity index (χ1) is 12.3. The molecule has 0 fully saturated rings. The van der Waals surface area contributed by atoms with Crippen molar-refractivity contribution >= 4 is 5.91 Å². The molecular weight excluding hydrogens is 316 g/mol. The minimum atomic E-state index is 0.0679. The number of aryl methyl sites for hydroxylation is 2. The van der Waals surface area contributed by atoms with E-state index < -0.39 is 0 Å². The van der Waals surface area contributed by atoms with E-state index in [9.17, 15) is 4.79 Å². The maximum absolute atomic E-state index is 12.4. The first-order valence-corrected chi connectivity index (χ1v) is 8.53. The van der Waals surface area contributed by atoms with Crippen molar-refractivity contribution in [2.24, 2.45) is 0 Å². The number of aromatic nitrogens is 3. The molecule has 1 amide bonds. The van der Waals surface area contributed by atoms with Crippen molar-refractivity contribution < 1.29 is 9.32 Å². The number of fused-ring (bicyclic) bond motifs is 1. The van der Waals surface area contributed by atoms with Gasteiger partial charge in [-0.2, -0.15) is 0 Å². The Morgan fingerprint density at radius 1 is 1.20 bits per heavy atom. The fourth-order valence-corrected chi connectivity index (χ4v) is 3.27. The molecule has 0 atom stereocenters. The van der Waals surface area contributed by atoms with Gasteiger partial charge in [0.1, 0.15) is 6.26 Å². The topological polar surface area (TPSA) is 64.2 Å². The number of imidazole rings is 1. The Kier molecular flexibility index (Phi) is 4.33. The van der Waals surface area contributed by atoms with Crippen molar-refractivity contribution in [3.05, 3.63) is 71.6 Å². The Balaban J connectivity index is 1.39. The Labute approximate surface area is 146 Å². The third-order valence-corrected chi connectivity index (χ3v) is 4.65. The zero-order chi connectivity index (χ0) is 17.1. The van der Waals surface area contributed by atoms with Gasteiger partial charge in [-0.1, -0.05) is 35.5 Å². The third kappa shape index (κ3) is 3.47. The number of carbonyl (C=O) groups is 1. The molecule has 0 saturated carbocycles. The molecule has 0 unspecified atom stereocenters. The monoisotopic (exact) mass is 336 g/mol. The zero-order valence-electron chi connectivity index (χ0n) is 14.0. The van der Waals surface area contributed by atoms with E-state index in [0.29, 0.717) is 12.2 Å². The second-order valence-corrected chi connectivity index (χ2v) is 6.30. The highest BCUT2D eigenvalue weighted by Crippen LogP contribution is 2.19. The van der Waals surface area contributed by atoms with Crippen LogP contribution < -0.4 is 0 Å². The van der Waals surface area contributed by atoms with Crippen molar-refractivity contribution in [1.29, 1.82) is 0 Å². The summed E-state index contributed by atoms with van der Waals surface area (Å²) in [6.45, 7) is 2.21. The van der Waals surface area contributed by atoms with Crippen LogP contribution in [-0.2, 0) is 37.1 Å². The summed E-state index contributed by atoms with van der Waals surface area (Å²) in [5.74, 6) is 0.0679. The fourth-order valence-electron chi connectivity index (χ4n) is 3.27. The molecule has 0 bridgehead atoms. The summed E-state index contributed by atoms with van der Waals surface area (Å²) in [4.78, 5) is 18.8. The summed E-state index contributed by atoms with van der Waals surface area (Å²) in [5.41, 5.74) is 4.25. The molecule has 4 rings (SSSR count). The van der Waals surface area contributed by atoms with Gasteiger partial charge in [-0.05, 0) is 12.0 Å². The average molecular weight is 336 g/mol. The van der Waals surface area contributed by atoms with Crippen LogP contribution in [0.3, 0.4) is 0 Å². The van der Waals surface area contributed by atoms with Gasteiger partial charge < -0.3 is 14.0 Å². The molecule has 1 aliphatic heterocycles. The Morgan fingerprint density at radius 3 is 2.88 bits per heavy atom. The first kappa shape index (κ1) is 15.6. The molecule has 2 aromatic heterocycles. The van der Waals surface area contributed by atoms with Crippen molar-refractivity contribution in [2.75, 3.05) is 6.54 Å². The summed E-state index contributed by atoms with van der Waals surface area (Å²) in [6.07, 6.45) is 5.50. The normalized spacial score (nSPS) is 13.7. The predicted octanol–water partition coefficient (Wildman–Crippen LogP) is 2.24. The van der Waals surface area contributed by atoms with Gasteiger partial charge in [-0.25, -0.2) is 4.98 Å². The summed E-state index contributed by atoms with van der Waals surface area (Å²) >= 11 is 0. The van der Waals surface area contributed by atoms with Gasteiger partial charge in [0.2, 0.25) is 5.91 Å². The van der Waals surface area contributed by atoms with E-state index in [1.165, 1.54) is 17.5 Å². The zero-order valence-corrected chi connectivity index (χ0v) is 14.0. The van der Waals surface area contributed by atoms with Gasteiger partial charge in [-0.15, -0.1) is 0 Å². The molecule has 0 N–H and O–H groups in total. The van der Waals surface area contributed by atoms with Crippen LogP contribution in [0.15, 0.2) is 53.5 Å². The lowest BCUT2D eigenvalue weighted by molar-refractivity contribution is -0.131. The van der Waals surface area contributed by atoms with Gasteiger partial charge in [-0.3, -0.25) is 4.79 Å². The van der Waals surface area contributed by atoms with Crippen LogP contribution in [0.1, 0.15) is 22.6 Å². The van der Waals surface area contributed by atoms with Crippen LogP contribution in [0.5, 0.6) is 0 Å². The van der Waals surface area contributed by atoms with Crippen molar-refractivity contribution in [3.8, 4) is 0 Å². The van der Waals surface area contributed by atoms with Crippen LogP contribution in [0, 0.1) is 0 Å². The highest BCUT2D eigenvalue weighted by Gasteiger charge is 2.24. The highest BCUT2D eigenvalue weighted by atomic mass is 16.5. The second-order valence-electron chi connectivity index (χ2n) is 6.30. The molecule has 3 aromatic rings. The molecule has 1 aromatic carbocycles. The van der Waals surface area contributed by atoms with Gasteiger partial charge in [0.25, 0.3) is 0 Å². The highest BCUT2D eigenvalue weighted by molar-refractivity contribution is 5.78. The quantitative estimate of drug-likeness (QED) is 0.717. The van der Waals surface area contributed by atoms with Crippen LogP contribution in [0.25, 0.3) is 0 Å². The lowest BCUT2D eigenvalue weighted by atomic mass is 10.1. The molecule has 1 aliphatic rings. The van der Waals surface area contributed by atoms with E-state index in [1.54, 1.807) is 6.07 Å². The van der Waals surface area contributed by atoms with Gasteiger partial charge in [0.15, 0.2) is 0 Å². The molecule has 6 nitrogen and oxygen atoms in total. The Morgan fingerprint density at radius 2 is 2.08 bits per heavy atom. The molecule has 6 heteroatoms.